The Labute approximate surface area is 79.3 Å². The van der Waals surface area contributed by atoms with E-state index in [-0.39, 0.29) is 0 Å². The van der Waals surface area contributed by atoms with Crippen molar-refractivity contribution in [3.8, 4) is 0 Å². The molecule has 0 aliphatic carbocycles. The second-order valence-electron chi connectivity index (χ2n) is 3.04. The second kappa shape index (κ2) is 2.59. The summed E-state index contributed by atoms with van der Waals surface area (Å²) < 4.78 is 10.9. The van der Waals surface area contributed by atoms with Gasteiger partial charge in [-0.2, -0.15) is 4.98 Å². The number of benzene rings is 1. The quantitative estimate of drug-likeness (QED) is 0.634. The van der Waals surface area contributed by atoms with E-state index in [9.17, 15) is 0 Å². The summed E-state index contributed by atoms with van der Waals surface area (Å²) in [5.41, 5.74) is 7.41. The third kappa shape index (κ3) is 0.885. The normalized spacial score (nSPS) is 11.5. The maximum Gasteiger partial charge on any atom is 0.267 e. The van der Waals surface area contributed by atoms with Crippen molar-refractivity contribution >= 4 is 22.3 Å². The summed E-state index contributed by atoms with van der Waals surface area (Å²) in [5, 5.41) is 0.940. The number of aromatic nitrogens is 1. The number of oxazole rings is 1. The lowest BCUT2D eigenvalue weighted by Gasteiger charge is -1.86. The molecule has 0 spiro atoms. The maximum absolute atomic E-state index is 5.47. The van der Waals surface area contributed by atoms with Gasteiger partial charge in [0.1, 0.15) is 5.58 Å². The first-order valence-electron chi connectivity index (χ1n) is 4.35. The Bertz CT molecular complexity index is 594. The summed E-state index contributed by atoms with van der Waals surface area (Å²) in [5.74, 6) is 0.504. The van der Waals surface area contributed by atoms with Gasteiger partial charge < -0.3 is 14.6 Å². The van der Waals surface area contributed by atoms with E-state index in [0.29, 0.717) is 23.7 Å². The molecule has 0 aliphatic rings. The Hall–Kier alpha value is -1.81. The van der Waals surface area contributed by atoms with Gasteiger partial charge in [-0.15, -0.1) is 0 Å². The van der Waals surface area contributed by atoms with Gasteiger partial charge in [-0.25, -0.2) is 0 Å². The van der Waals surface area contributed by atoms with Gasteiger partial charge in [0.2, 0.25) is 11.5 Å². The van der Waals surface area contributed by atoms with Crippen LogP contribution in [0.3, 0.4) is 0 Å². The summed E-state index contributed by atoms with van der Waals surface area (Å²) in [4.78, 5) is 4.11. The molecular formula is C10H8N2O2. The first-order chi connectivity index (χ1) is 6.88. The Kier molecular flexibility index (Phi) is 1.40. The highest BCUT2D eigenvalue weighted by molar-refractivity contribution is 5.99. The standard InChI is InChI=1S/C10H8N2O2/c11-5-8-12-10-9(14-8)6-3-1-2-4-7(6)13-10/h1-4H,5,11H2. The van der Waals surface area contributed by atoms with Gasteiger partial charge in [-0.1, -0.05) is 12.1 Å². The van der Waals surface area contributed by atoms with E-state index >= 15 is 0 Å². The minimum Gasteiger partial charge on any atom is -0.435 e. The van der Waals surface area contributed by atoms with Gasteiger partial charge in [0.25, 0.3) is 5.71 Å². The fourth-order valence-corrected chi connectivity index (χ4v) is 1.52. The molecule has 2 heterocycles. The fraction of sp³-hybridized carbons (Fsp3) is 0.100. The zero-order valence-corrected chi connectivity index (χ0v) is 7.36. The molecule has 0 amide bonds. The number of nitrogens with two attached hydrogens (primary N) is 1. The van der Waals surface area contributed by atoms with Crippen LogP contribution >= 0.6 is 0 Å². The van der Waals surface area contributed by atoms with Crippen LogP contribution in [0.1, 0.15) is 5.89 Å². The van der Waals surface area contributed by atoms with Crippen LogP contribution in [0.5, 0.6) is 0 Å². The van der Waals surface area contributed by atoms with Gasteiger partial charge >= 0.3 is 0 Å². The number of furan rings is 1. The zero-order valence-electron chi connectivity index (χ0n) is 7.36. The van der Waals surface area contributed by atoms with E-state index in [2.05, 4.69) is 4.98 Å². The molecule has 4 heteroatoms. The molecule has 0 unspecified atom stereocenters. The molecule has 1 aromatic carbocycles. The summed E-state index contributed by atoms with van der Waals surface area (Å²) >= 11 is 0. The van der Waals surface area contributed by atoms with E-state index < -0.39 is 0 Å². The van der Waals surface area contributed by atoms with Gasteiger partial charge in [0.05, 0.1) is 11.9 Å². The van der Waals surface area contributed by atoms with Gasteiger partial charge in [0, 0.05) is 0 Å². The van der Waals surface area contributed by atoms with E-state index in [1.165, 1.54) is 0 Å². The summed E-state index contributed by atoms with van der Waals surface area (Å²) in [7, 11) is 0. The average Bonchev–Trinajstić information content (AvgIpc) is 2.73. The molecule has 70 valence electrons. The van der Waals surface area contributed by atoms with Crippen molar-refractivity contribution in [2.45, 2.75) is 6.54 Å². The molecule has 0 bridgehead atoms. The van der Waals surface area contributed by atoms with Crippen LogP contribution in [-0.4, -0.2) is 4.98 Å². The van der Waals surface area contributed by atoms with Crippen molar-refractivity contribution in [1.29, 1.82) is 0 Å². The van der Waals surface area contributed by atoms with Crippen molar-refractivity contribution in [3.63, 3.8) is 0 Å². The number of hydrogen-bond donors (Lipinski definition) is 1. The molecule has 0 radical (unpaired) electrons. The van der Waals surface area contributed by atoms with E-state index in [1.807, 2.05) is 24.3 Å². The fourth-order valence-electron chi connectivity index (χ4n) is 1.52. The molecule has 0 atom stereocenters. The smallest absolute Gasteiger partial charge is 0.267 e. The van der Waals surface area contributed by atoms with E-state index in [4.69, 9.17) is 14.6 Å². The van der Waals surface area contributed by atoms with E-state index in [0.717, 1.165) is 11.0 Å². The van der Waals surface area contributed by atoms with Crippen LogP contribution in [0.25, 0.3) is 22.3 Å². The number of rotatable bonds is 1. The van der Waals surface area contributed by atoms with Gasteiger partial charge in [-0.3, -0.25) is 0 Å². The molecular weight excluding hydrogens is 180 g/mol. The third-order valence-corrected chi connectivity index (χ3v) is 2.15. The monoisotopic (exact) mass is 188 g/mol. The Balaban J connectivity index is 2.45. The third-order valence-electron chi connectivity index (χ3n) is 2.15. The largest absolute Gasteiger partial charge is 0.435 e. The summed E-state index contributed by atoms with van der Waals surface area (Å²) in [6.07, 6.45) is 0. The zero-order chi connectivity index (χ0) is 9.54. The molecule has 4 nitrogen and oxygen atoms in total. The molecule has 2 N–H and O–H groups in total. The van der Waals surface area contributed by atoms with Crippen LogP contribution in [0.2, 0.25) is 0 Å². The van der Waals surface area contributed by atoms with Crippen LogP contribution < -0.4 is 5.73 Å². The van der Waals surface area contributed by atoms with Crippen molar-refractivity contribution in [2.75, 3.05) is 0 Å². The van der Waals surface area contributed by atoms with Crippen molar-refractivity contribution in [2.24, 2.45) is 5.73 Å². The van der Waals surface area contributed by atoms with Crippen LogP contribution in [0.4, 0.5) is 0 Å². The maximum atomic E-state index is 5.47. The molecule has 0 saturated heterocycles. The van der Waals surface area contributed by atoms with Crippen LogP contribution in [-0.2, 0) is 6.54 Å². The Morgan fingerprint density at radius 2 is 2.07 bits per heavy atom. The SMILES string of the molecule is NCc1nc2oc3ccccc3c2o1. The molecule has 14 heavy (non-hydrogen) atoms. The van der Waals surface area contributed by atoms with Crippen molar-refractivity contribution in [3.05, 3.63) is 30.2 Å². The molecule has 2 aromatic heterocycles. The average molecular weight is 188 g/mol. The molecule has 0 saturated carbocycles. The number of para-hydroxylation sites is 1. The number of hydrogen-bond acceptors (Lipinski definition) is 4. The molecule has 3 rings (SSSR count). The number of nitrogens with zero attached hydrogens (tertiary/aromatic N) is 1. The highest BCUT2D eigenvalue weighted by Crippen LogP contribution is 2.28. The van der Waals surface area contributed by atoms with Crippen LogP contribution in [0.15, 0.2) is 33.1 Å². The first kappa shape index (κ1) is 7.58. The van der Waals surface area contributed by atoms with E-state index in [1.54, 1.807) is 0 Å². The highest BCUT2D eigenvalue weighted by atomic mass is 16.4. The number of fused-ring (bicyclic) bond motifs is 3. The predicted molar refractivity (Wildman–Crippen MR) is 51.7 cm³/mol. The summed E-state index contributed by atoms with van der Waals surface area (Å²) in [6, 6.07) is 7.66. The minimum absolute atomic E-state index is 0.290. The first-order valence-corrected chi connectivity index (χ1v) is 4.35. The van der Waals surface area contributed by atoms with Crippen molar-refractivity contribution in [1.82, 2.24) is 4.98 Å². The van der Waals surface area contributed by atoms with Crippen LogP contribution in [0, 0.1) is 0 Å². The summed E-state index contributed by atoms with van der Waals surface area (Å²) in [6.45, 7) is 0.290. The van der Waals surface area contributed by atoms with Gasteiger partial charge in [-0.05, 0) is 12.1 Å². The second-order valence-corrected chi connectivity index (χ2v) is 3.04. The lowest BCUT2D eigenvalue weighted by Crippen LogP contribution is -1.95. The molecule has 3 aromatic rings. The topological polar surface area (TPSA) is 65.2 Å². The van der Waals surface area contributed by atoms with Crippen molar-refractivity contribution < 1.29 is 8.83 Å². The Morgan fingerprint density at radius 1 is 1.21 bits per heavy atom. The lowest BCUT2D eigenvalue weighted by molar-refractivity contribution is 0.535. The molecule has 0 fully saturated rings. The Morgan fingerprint density at radius 3 is 2.93 bits per heavy atom. The van der Waals surface area contributed by atoms with Gasteiger partial charge in [0.15, 0.2) is 0 Å². The predicted octanol–water partition coefficient (Wildman–Crippen LogP) is 2.03. The molecule has 0 aliphatic heterocycles. The lowest BCUT2D eigenvalue weighted by atomic mass is 10.2. The minimum atomic E-state index is 0.290. The highest BCUT2D eigenvalue weighted by Gasteiger charge is 2.12.